The largest absolute Gasteiger partial charge is 0.271 e. The van der Waals surface area contributed by atoms with E-state index < -0.39 is 0 Å². The molecule has 0 saturated carbocycles. The van der Waals surface area contributed by atoms with Crippen molar-refractivity contribution in [2.75, 3.05) is 0 Å². The summed E-state index contributed by atoms with van der Waals surface area (Å²) in [4.78, 5) is 11.7. The molecule has 1 N–H and O–H groups in total. The molecular weight excluding hydrogens is 212 g/mol. The molecule has 0 atom stereocenters. The van der Waals surface area contributed by atoms with Gasteiger partial charge in [-0.05, 0) is 31.1 Å². The number of nitrogens with zero attached hydrogens (tertiary/aromatic N) is 1. The third-order valence-corrected chi connectivity index (χ3v) is 2.60. The van der Waals surface area contributed by atoms with Crippen molar-refractivity contribution in [3.63, 3.8) is 0 Å². The van der Waals surface area contributed by atoms with E-state index in [2.05, 4.69) is 16.6 Å². The zero-order valence-electron chi connectivity index (χ0n) is 9.68. The average molecular weight is 226 g/mol. The number of nitrogens with one attached hydrogen (secondary N) is 1. The monoisotopic (exact) mass is 226 g/mol. The summed E-state index contributed by atoms with van der Waals surface area (Å²) in [5.74, 6) is -0.184. The molecule has 0 radical (unpaired) electrons. The van der Waals surface area contributed by atoms with Gasteiger partial charge in [-0.2, -0.15) is 5.10 Å². The van der Waals surface area contributed by atoms with Gasteiger partial charge in [-0.3, -0.25) is 4.79 Å². The van der Waals surface area contributed by atoms with Crippen molar-refractivity contribution in [3.05, 3.63) is 59.7 Å². The van der Waals surface area contributed by atoms with Crippen LogP contribution >= 0.6 is 0 Å². The SMILES string of the molecule is CC(=NNC(=O)c1ccccc1)C1=CC=CC1. The quantitative estimate of drug-likeness (QED) is 0.624. The summed E-state index contributed by atoms with van der Waals surface area (Å²) < 4.78 is 0. The molecule has 17 heavy (non-hydrogen) atoms. The Bertz CT molecular complexity index is 498. The number of allylic oxidation sites excluding steroid dienone is 4. The summed E-state index contributed by atoms with van der Waals surface area (Å²) in [6, 6.07) is 9.05. The van der Waals surface area contributed by atoms with Gasteiger partial charge in [-0.1, -0.05) is 36.4 Å². The molecule has 0 unspecified atom stereocenters. The Morgan fingerprint density at radius 3 is 2.71 bits per heavy atom. The first kappa shape index (κ1) is 11.3. The highest BCUT2D eigenvalue weighted by atomic mass is 16.2. The molecule has 0 fully saturated rings. The Morgan fingerprint density at radius 1 is 1.29 bits per heavy atom. The minimum atomic E-state index is -0.184. The van der Waals surface area contributed by atoms with Crippen LogP contribution in [-0.2, 0) is 0 Å². The van der Waals surface area contributed by atoms with E-state index in [9.17, 15) is 4.79 Å². The maximum absolute atomic E-state index is 11.7. The number of amides is 1. The lowest BCUT2D eigenvalue weighted by molar-refractivity contribution is 0.0955. The van der Waals surface area contributed by atoms with Gasteiger partial charge in [0.15, 0.2) is 0 Å². The van der Waals surface area contributed by atoms with Crippen molar-refractivity contribution in [1.29, 1.82) is 0 Å². The van der Waals surface area contributed by atoms with Gasteiger partial charge in [-0.15, -0.1) is 0 Å². The predicted octanol–water partition coefficient (Wildman–Crippen LogP) is 2.68. The Hall–Kier alpha value is -2.16. The number of benzene rings is 1. The van der Waals surface area contributed by atoms with Crippen molar-refractivity contribution in [3.8, 4) is 0 Å². The maximum Gasteiger partial charge on any atom is 0.271 e. The molecule has 1 aromatic carbocycles. The predicted molar refractivity (Wildman–Crippen MR) is 68.9 cm³/mol. The highest BCUT2D eigenvalue weighted by Gasteiger charge is 2.05. The van der Waals surface area contributed by atoms with E-state index in [1.54, 1.807) is 12.1 Å². The van der Waals surface area contributed by atoms with Crippen LogP contribution in [0, 0.1) is 0 Å². The van der Waals surface area contributed by atoms with E-state index in [0.717, 1.165) is 17.7 Å². The van der Waals surface area contributed by atoms with Crippen molar-refractivity contribution in [2.45, 2.75) is 13.3 Å². The van der Waals surface area contributed by atoms with E-state index >= 15 is 0 Å². The number of rotatable bonds is 3. The summed E-state index contributed by atoms with van der Waals surface area (Å²) >= 11 is 0. The average Bonchev–Trinajstić information content (AvgIpc) is 2.90. The van der Waals surface area contributed by atoms with E-state index in [4.69, 9.17) is 0 Å². The fourth-order valence-corrected chi connectivity index (χ4v) is 1.58. The van der Waals surface area contributed by atoms with Gasteiger partial charge in [0, 0.05) is 5.56 Å². The molecule has 0 aromatic heterocycles. The van der Waals surface area contributed by atoms with E-state index in [-0.39, 0.29) is 5.91 Å². The van der Waals surface area contributed by atoms with Crippen molar-refractivity contribution in [1.82, 2.24) is 5.43 Å². The van der Waals surface area contributed by atoms with Crippen LogP contribution in [0.1, 0.15) is 23.7 Å². The molecule has 2 rings (SSSR count). The Labute approximate surface area is 101 Å². The number of hydrogen-bond donors (Lipinski definition) is 1. The summed E-state index contributed by atoms with van der Waals surface area (Å²) in [6.07, 6.45) is 6.95. The molecular formula is C14H14N2O. The molecule has 0 heterocycles. The van der Waals surface area contributed by atoms with Crippen LogP contribution in [0.5, 0.6) is 0 Å². The second kappa shape index (κ2) is 5.25. The third-order valence-electron chi connectivity index (χ3n) is 2.60. The molecule has 3 heteroatoms. The molecule has 3 nitrogen and oxygen atoms in total. The highest BCUT2D eigenvalue weighted by molar-refractivity contribution is 6.01. The number of carbonyl (C=O) groups is 1. The fraction of sp³-hybridized carbons (Fsp3) is 0.143. The van der Waals surface area contributed by atoms with Crippen LogP contribution in [0.4, 0.5) is 0 Å². The minimum absolute atomic E-state index is 0.184. The van der Waals surface area contributed by atoms with Crippen molar-refractivity contribution in [2.24, 2.45) is 5.10 Å². The number of hydrazone groups is 1. The molecule has 1 aromatic rings. The lowest BCUT2D eigenvalue weighted by Gasteiger charge is -2.03. The van der Waals surface area contributed by atoms with Crippen LogP contribution in [0.3, 0.4) is 0 Å². The third kappa shape index (κ3) is 2.91. The van der Waals surface area contributed by atoms with Gasteiger partial charge < -0.3 is 0 Å². The zero-order chi connectivity index (χ0) is 12.1. The Morgan fingerprint density at radius 2 is 2.06 bits per heavy atom. The molecule has 86 valence electrons. The Balaban J connectivity index is 1.98. The van der Waals surface area contributed by atoms with E-state index in [0.29, 0.717) is 5.56 Å². The van der Waals surface area contributed by atoms with Crippen LogP contribution in [0.2, 0.25) is 0 Å². The first-order valence-corrected chi connectivity index (χ1v) is 5.53. The topological polar surface area (TPSA) is 41.5 Å². The van der Waals surface area contributed by atoms with Gasteiger partial charge in [0.2, 0.25) is 0 Å². The second-order valence-corrected chi connectivity index (χ2v) is 3.83. The van der Waals surface area contributed by atoms with Gasteiger partial charge >= 0.3 is 0 Å². The fourth-order valence-electron chi connectivity index (χ4n) is 1.58. The zero-order valence-corrected chi connectivity index (χ0v) is 9.68. The first-order valence-electron chi connectivity index (χ1n) is 5.53. The maximum atomic E-state index is 11.7. The van der Waals surface area contributed by atoms with Crippen LogP contribution in [0.15, 0.2) is 59.2 Å². The molecule has 0 aliphatic heterocycles. The summed E-state index contributed by atoms with van der Waals surface area (Å²) in [5.41, 5.74) is 5.15. The van der Waals surface area contributed by atoms with Gasteiger partial charge in [0.05, 0.1) is 5.71 Å². The highest BCUT2D eigenvalue weighted by Crippen LogP contribution is 2.11. The summed E-state index contributed by atoms with van der Waals surface area (Å²) in [7, 11) is 0. The van der Waals surface area contributed by atoms with Crippen molar-refractivity contribution < 1.29 is 4.79 Å². The van der Waals surface area contributed by atoms with E-state index in [1.807, 2.05) is 37.3 Å². The van der Waals surface area contributed by atoms with Crippen LogP contribution in [0.25, 0.3) is 0 Å². The molecule has 1 aliphatic rings. The van der Waals surface area contributed by atoms with E-state index in [1.165, 1.54) is 0 Å². The second-order valence-electron chi connectivity index (χ2n) is 3.83. The molecule has 1 amide bonds. The summed E-state index contributed by atoms with van der Waals surface area (Å²) in [6.45, 7) is 1.89. The van der Waals surface area contributed by atoms with Crippen LogP contribution < -0.4 is 5.43 Å². The smallest absolute Gasteiger partial charge is 0.267 e. The molecule has 0 bridgehead atoms. The molecule has 0 saturated heterocycles. The molecule has 1 aliphatic carbocycles. The standard InChI is InChI=1S/C14H14N2O/c1-11(12-7-5-6-8-12)15-16-14(17)13-9-3-2-4-10-13/h2-7,9-10H,8H2,1H3,(H,16,17). The first-order chi connectivity index (χ1) is 8.27. The number of carbonyl (C=O) groups excluding carboxylic acids is 1. The van der Waals surface area contributed by atoms with Gasteiger partial charge in [0.25, 0.3) is 5.91 Å². The Kier molecular flexibility index (Phi) is 3.50. The lowest BCUT2D eigenvalue weighted by Crippen LogP contribution is -2.19. The van der Waals surface area contributed by atoms with Gasteiger partial charge in [-0.25, -0.2) is 5.43 Å². The normalized spacial score (nSPS) is 14.6. The molecule has 0 spiro atoms. The van der Waals surface area contributed by atoms with Gasteiger partial charge in [0.1, 0.15) is 0 Å². The lowest BCUT2D eigenvalue weighted by atomic mass is 10.1. The van der Waals surface area contributed by atoms with Crippen molar-refractivity contribution >= 4 is 11.6 Å². The summed E-state index contributed by atoms with van der Waals surface area (Å²) in [5, 5.41) is 4.09. The minimum Gasteiger partial charge on any atom is -0.267 e. The van der Waals surface area contributed by atoms with Crippen LogP contribution in [-0.4, -0.2) is 11.6 Å². The number of hydrogen-bond acceptors (Lipinski definition) is 2.